The molecule has 2 rings (SSSR count). The lowest BCUT2D eigenvalue weighted by Crippen LogP contribution is -2.43. The lowest BCUT2D eigenvalue weighted by molar-refractivity contribution is -0.149. The number of hydrogen-bond donors (Lipinski definition) is 2. The molecule has 7 heteroatoms. The third-order valence-corrected chi connectivity index (χ3v) is 5.30. The summed E-state index contributed by atoms with van der Waals surface area (Å²) >= 11 is 0. The predicted octanol–water partition coefficient (Wildman–Crippen LogP) is 4.40. The van der Waals surface area contributed by atoms with Gasteiger partial charge in [0.2, 0.25) is 0 Å². The topological polar surface area (TPSA) is 88.1 Å². The van der Waals surface area contributed by atoms with Crippen molar-refractivity contribution in [2.24, 2.45) is 5.92 Å². The fourth-order valence-corrected chi connectivity index (χ4v) is 3.47. The number of rotatable bonds is 15. The average molecular weight is 471 g/mol. The van der Waals surface area contributed by atoms with E-state index in [2.05, 4.69) is 31.3 Å². The van der Waals surface area contributed by atoms with Gasteiger partial charge in [-0.3, -0.25) is 0 Å². The number of aryl methyl sites for hydroxylation is 1. The summed E-state index contributed by atoms with van der Waals surface area (Å²) in [5, 5.41) is 12.2. The Labute approximate surface area is 203 Å². The van der Waals surface area contributed by atoms with Gasteiger partial charge in [0.1, 0.15) is 12.4 Å². The number of carboxylic acid groups (broad SMARTS) is 1. The predicted molar refractivity (Wildman–Crippen MR) is 133 cm³/mol. The quantitative estimate of drug-likeness (QED) is 0.403. The number of nitrogens with zero attached hydrogens (tertiary/aromatic N) is 1. The van der Waals surface area contributed by atoms with Crippen LogP contribution in [0.15, 0.2) is 54.6 Å². The third kappa shape index (κ3) is 10.3. The van der Waals surface area contributed by atoms with Crippen molar-refractivity contribution in [3.8, 4) is 5.75 Å². The van der Waals surface area contributed by atoms with Crippen LogP contribution in [0.3, 0.4) is 0 Å². The number of amides is 2. The second-order valence-electron chi connectivity index (χ2n) is 8.63. The molecule has 1 atom stereocenters. The molecule has 2 amide bonds. The SMILES string of the molecule is CCOC(Cc1ccc(OCCN(CCCc2ccccc2)C(=O)NCC(C)C)cc1)C(=O)O. The Morgan fingerprint density at radius 3 is 2.32 bits per heavy atom. The molecule has 0 fully saturated rings. The van der Waals surface area contributed by atoms with Crippen molar-refractivity contribution in [3.63, 3.8) is 0 Å². The molecule has 0 bridgehead atoms. The number of aliphatic carboxylic acids is 1. The van der Waals surface area contributed by atoms with E-state index in [0.29, 0.717) is 50.9 Å². The van der Waals surface area contributed by atoms with Gasteiger partial charge in [0.05, 0.1) is 6.54 Å². The molecule has 0 saturated carbocycles. The largest absolute Gasteiger partial charge is 0.492 e. The minimum absolute atomic E-state index is 0.0728. The van der Waals surface area contributed by atoms with Gasteiger partial charge in [-0.2, -0.15) is 0 Å². The van der Waals surface area contributed by atoms with Crippen LogP contribution >= 0.6 is 0 Å². The van der Waals surface area contributed by atoms with Crippen molar-refractivity contribution >= 4 is 12.0 Å². The van der Waals surface area contributed by atoms with Crippen molar-refractivity contribution in [1.29, 1.82) is 0 Å². The molecule has 1 unspecified atom stereocenters. The van der Waals surface area contributed by atoms with Crippen molar-refractivity contribution in [1.82, 2.24) is 10.2 Å². The van der Waals surface area contributed by atoms with E-state index in [-0.39, 0.29) is 6.03 Å². The summed E-state index contributed by atoms with van der Waals surface area (Å²) in [6, 6.07) is 17.5. The lowest BCUT2D eigenvalue weighted by atomic mass is 10.1. The molecule has 0 saturated heterocycles. The molecule has 0 heterocycles. The third-order valence-electron chi connectivity index (χ3n) is 5.30. The van der Waals surface area contributed by atoms with E-state index < -0.39 is 12.1 Å². The van der Waals surface area contributed by atoms with Crippen LogP contribution in [0.2, 0.25) is 0 Å². The van der Waals surface area contributed by atoms with Crippen LogP contribution in [0.25, 0.3) is 0 Å². The summed E-state index contributed by atoms with van der Waals surface area (Å²) < 4.78 is 11.1. The number of carboxylic acids is 1. The first-order chi connectivity index (χ1) is 16.4. The van der Waals surface area contributed by atoms with Crippen LogP contribution in [0.4, 0.5) is 4.79 Å². The summed E-state index contributed by atoms with van der Waals surface area (Å²) in [6.07, 6.45) is 1.23. The van der Waals surface area contributed by atoms with Crippen LogP contribution in [0.5, 0.6) is 5.75 Å². The van der Waals surface area contributed by atoms with Crippen LogP contribution in [0.1, 0.15) is 38.3 Å². The van der Waals surface area contributed by atoms with Crippen LogP contribution < -0.4 is 10.1 Å². The fourth-order valence-electron chi connectivity index (χ4n) is 3.47. The summed E-state index contributed by atoms with van der Waals surface area (Å²) in [5.41, 5.74) is 2.12. The van der Waals surface area contributed by atoms with Gasteiger partial charge < -0.3 is 24.8 Å². The molecule has 0 aliphatic heterocycles. The number of benzene rings is 2. The first kappa shape index (κ1) is 27.2. The highest BCUT2D eigenvalue weighted by Crippen LogP contribution is 2.15. The van der Waals surface area contributed by atoms with Crippen LogP contribution in [-0.2, 0) is 22.4 Å². The normalized spacial score (nSPS) is 11.8. The first-order valence-corrected chi connectivity index (χ1v) is 12.0. The zero-order valence-corrected chi connectivity index (χ0v) is 20.5. The monoisotopic (exact) mass is 470 g/mol. The summed E-state index contributed by atoms with van der Waals surface area (Å²) in [7, 11) is 0. The second kappa shape index (κ2) is 15.0. The summed E-state index contributed by atoms with van der Waals surface area (Å²) in [6.45, 7) is 8.40. The van der Waals surface area contributed by atoms with E-state index in [1.54, 1.807) is 11.8 Å². The highest BCUT2D eigenvalue weighted by Gasteiger charge is 2.18. The molecular weight excluding hydrogens is 432 g/mol. The van der Waals surface area contributed by atoms with Gasteiger partial charge in [0.25, 0.3) is 0 Å². The molecule has 0 aliphatic rings. The van der Waals surface area contributed by atoms with E-state index in [1.807, 2.05) is 42.5 Å². The van der Waals surface area contributed by atoms with Gasteiger partial charge in [0, 0.05) is 26.1 Å². The minimum Gasteiger partial charge on any atom is -0.492 e. The standard InChI is InChI=1S/C27H38N2O5/c1-4-33-25(26(30)31)19-23-12-14-24(15-13-23)34-18-17-29(27(32)28-20-21(2)3)16-8-11-22-9-6-5-7-10-22/h5-7,9-10,12-15,21,25H,4,8,11,16-20H2,1-3H3,(H,28,32)(H,30,31). The maximum atomic E-state index is 12.7. The van der Waals surface area contributed by atoms with Gasteiger partial charge in [-0.1, -0.05) is 56.3 Å². The van der Waals surface area contributed by atoms with E-state index in [9.17, 15) is 14.7 Å². The Kier molecular flexibility index (Phi) is 12.0. The number of urea groups is 1. The molecule has 7 nitrogen and oxygen atoms in total. The van der Waals surface area contributed by atoms with Crippen molar-refractivity contribution < 1.29 is 24.2 Å². The molecule has 0 aliphatic carbocycles. The fraction of sp³-hybridized carbons (Fsp3) is 0.481. The van der Waals surface area contributed by atoms with E-state index >= 15 is 0 Å². The maximum Gasteiger partial charge on any atom is 0.333 e. The molecule has 34 heavy (non-hydrogen) atoms. The van der Waals surface area contributed by atoms with Gasteiger partial charge in [-0.05, 0) is 48.9 Å². The number of nitrogens with one attached hydrogen (secondary N) is 1. The van der Waals surface area contributed by atoms with E-state index in [1.165, 1.54) is 5.56 Å². The molecule has 2 aromatic rings. The lowest BCUT2D eigenvalue weighted by Gasteiger charge is -2.24. The highest BCUT2D eigenvalue weighted by molar-refractivity contribution is 5.74. The van der Waals surface area contributed by atoms with Gasteiger partial charge in [0.15, 0.2) is 6.10 Å². The Hall–Kier alpha value is -3.06. The Morgan fingerprint density at radius 1 is 1.00 bits per heavy atom. The van der Waals surface area contributed by atoms with Crippen LogP contribution in [-0.4, -0.2) is 61.0 Å². The minimum atomic E-state index is -0.967. The molecule has 0 aromatic heterocycles. The summed E-state index contributed by atoms with van der Waals surface area (Å²) in [4.78, 5) is 25.8. The molecule has 0 spiro atoms. The molecule has 0 radical (unpaired) electrons. The number of carbonyl (C=O) groups excluding carboxylic acids is 1. The average Bonchev–Trinajstić information content (AvgIpc) is 2.83. The van der Waals surface area contributed by atoms with E-state index in [0.717, 1.165) is 18.4 Å². The molecule has 2 N–H and O–H groups in total. The Morgan fingerprint density at radius 2 is 1.71 bits per heavy atom. The zero-order valence-electron chi connectivity index (χ0n) is 20.5. The Bertz CT molecular complexity index is 855. The van der Waals surface area contributed by atoms with Gasteiger partial charge in [-0.15, -0.1) is 0 Å². The van der Waals surface area contributed by atoms with Crippen molar-refractivity contribution in [2.75, 3.05) is 32.8 Å². The molecule has 2 aromatic carbocycles. The number of hydrogen-bond acceptors (Lipinski definition) is 4. The number of carbonyl (C=O) groups is 2. The molecule has 186 valence electrons. The van der Waals surface area contributed by atoms with Gasteiger partial charge >= 0.3 is 12.0 Å². The second-order valence-corrected chi connectivity index (χ2v) is 8.63. The zero-order chi connectivity index (χ0) is 24.8. The van der Waals surface area contributed by atoms with E-state index in [4.69, 9.17) is 9.47 Å². The van der Waals surface area contributed by atoms with Gasteiger partial charge in [-0.25, -0.2) is 9.59 Å². The maximum absolute atomic E-state index is 12.7. The van der Waals surface area contributed by atoms with Crippen LogP contribution in [0, 0.1) is 5.92 Å². The smallest absolute Gasteiger partial charge is 0.333 e. The Balaban J connectivity index is 1.86. The molecular formula is C27H38N2O5. The first-order valence-electron chi connectivity index (χ1n) is 12.0. The van der Waals surface area contributed by atoms with Crippen molar-refractivity contribution in [3.05, 3.63) is 65.7 Å². The van der Waals surface area contributed by atoms with Crippen molar-refractivity contribution in [2.45, 2.75) is 46.1 Å². The number of ether oxygens (including phenoxy) is 2. The summed E-state index contributed by atoms with van der Waals surface area (Å²) in [5.74, 6) is 0.0949. The highest BCUT2D eigenvalue weighted by atomic mass is 16.5.